The van der Waals surface area contributed by atoms with Crippen LogP contribution in [0.4, 0.5) is 0 Å². The van der Waals surface area contributed by atoms with Crippen molar-refractivity contribution in [3.05, 3.63) is 17.5 Å². The third-order valence-electron chi connectivity index (χ3n) is 3.16. The molecular formula is C11H19NO4Si. The zero-order chi connectivity index (χ0) is 13.3. The van der Waals surface area contributed by atoms with E-state index in [9.17, 15) is 4.79 Å². The predicted molar refractivity (Wildman–Crippen MR) is 65.4 cm³/mol. The van der Waals surface area contributed by atoms with Crippen molar-refractivity contribution in [2.45, 2.75) is 45.5 Å². The summed E-state index contributed by atoms with van der Waals surface area (Å²) in [5, 5.41) is 12.3. The minimum absolute atomic E-state index is 0.0844. The van der Waals surface area contributed by atoms with Crippen molar-refractivity contribution in [1.82, 2.24) is 5.16 Å². The third-order valence-corrected chi connectivity index (χ3v) is 7.64. The summed E-state index contributed by atoms with van der Waals surface area (Å²) in [5.74, 6) is -0.639. The van der Waals surface area contributed by atoms with Crippen LogP contribution in [0.3, 0.4) is 0 Å². The van der Waals surface area contributed by atoms with Crippen LogP contribution in [0.1, 0.15) is 37.0 Å². The first-order valence-electron chi connectivity index (χ1n) is 5.46. The fourth-order valence-corrected chi connectivity index (χ4v) is 1.89. The van der Waals surface area contributed by atoms with E-state index >= 15 is 0 Å². The molecule has 0 fully saturated rings. The number of hydrogen-bond acceptors (Lipinski definition) is 4. The molecule has 6 heteroatoms. The second-order valence-electron chi connectivity index (χ2n) is 5.53. The average Bonchev–Trinajstić information content (AvgIpc) is 2.61. The van der Waals surface area contributed by atoms with Gasteiger partial charge in [0, 0.05) is 6.07 Å². The van der Waals surface area contributed by atoms with Crippen LogP contribution in [0.2, 0.25) is 18.1 Å². The number of carboxylic acids is 1. The maximum atomic E-state index is 10.6. The summed E-state index contributed by atoms with van der Waals surface area (Å²) in [7, 11) is -1.84. The summed E-state index contributed by atoms with van der Waals surface area (Å²) >= 11 is 0. The molecule has 1 N–H and O–H groups in total. The molecule has 0 saturated heterocycles. The van der Waals surface area contributed by atoms with Crippen LogP contribution in [0.25, 0.3) is 0 Å². The summed E-state index contributed by atoms with van der Waals surface area (Å²) in [4.78, 5) is 10.6. The van der Waals surface area contributed by atoms with Gasteiger partial charge in [0.1, 0.15) is 0 Å². The maximum Gasteiger partial charge on any atom is 0.358 e. The number of aromatic nitrogens is 1. The van der Waals surface area contributed by atoms with E-state index in [-0.39, 0.29) is 17.3 Å². The van der Waals surface area contributed by atoms with E-state index in [2.05, 4.69) is 39.0 Å². The smallest absolute Gasteiger partial charge is 0.358 e. The molecule has 96 valence electrons. The first-order valence-corrected chi connectivity index (χ1v) is 8.37. The largest absolute Gasteiger partial charge is 0.476 e. The van der Waals surface area contributed by atoms with Crippen molar-refractivity contribution in [3.8, 4) is 0 Å². The molecule has 0 aliphatic rings. The standard InChI is InChI=1S/C11H19NO4Si/c1-11(2,3)17(4,5)15-7-8-6-9(10(13)14)12-16-8/h6H,7H2,1-5H3,(H,13,14). The second kappa shape index (κ2) is 4.62. The Morgan fingerprint density at radius 2 is 2.12 bits per heavy atom. The molecule has 0 radical (unpaired) electrons. The van der Waals surface area contributed by atoms with Gasteiger partial charge in [-0.05, 0) is 18.1 Å². The fourth-order valence-electron chi connectivity index (χ4n) is 0.950. The van der Waals surface area contributed by atoms with Gasteiger partial charge < -0.3 is 14.1 Å². The number of rotatable bonds is 4. The Morgan fingerprint density at radius 1 is 1.53 bits per heavy atom. The van der Waals surface area contributed by atoms with Crippen molar-refractivity contribution in [1.29, 1.82) is 0 Å². The Morgan fingerprint density at radius 3 is 2.53 bits per heavy atom. The monoisotopic (exact) mass is 257 g/mol. The zero-order valence-electron chi connectivity index (χ0n) is 10.9. The van der Waals surface area contributed by atoms with Gasteiger partial charge in [-0.2, -0.15) is 0 Å². The average molecular weight is 257 g/mol. The van der Waals surface area contributed by atoms with E-state index in [0.717, 1.165) is 0 Å². The van der Waals surface area contributed by atoms with Crippen LogP contribution in [0, 0.1) is 0 Å². The van der Waals surface area contributed by atoms with Crippen molar-refractivity contribution in [2.75, 3.05) is 0 Å². The summed E-state index contributed by atoms with van der Waals surface area (Å²) in [6, 6.07) is 1.40. The molecule has 1 rings (SSSR count). The van der Waals surface area contributed by atoms with E-state index in [0.29, 0.717) is 5.76 Å². The lowest BCUT2D eigenvalue weighted by atomic mass is 10.2. The van der Waals surface area contributed by atoms with Gasteiger partial charge in [-0.25, -0.2) is 4.79 Å². The van der Waals surface area contributed by atoms with E-state index < -0.39 is 14.3 Å². The van der Waals surface area contributed by atoms with Crippen LogP contribution in [-0.4, -0.2) is 24.5 Å². The number of carbonyl (C=O) groups is 1. The lowest BCUT2D eigenvalue weighted by Gasteiger charge is -2.35. The molecule has 0 aliphatic heterocycles. The lowest BCUT2D eigenvalue weighted by Crippen LogP contribution is -2.40. The molecule has 0 aromatic carbocycles. The molecule has 1 aromatic rings. The van der Waals surface area contributed by atoms with Gasteiger partial charge in [0.15, 0.2) is 19.8 Å². The molecule has 0 spiro atoms. The van der Waals surface area contributed by atoms with Crippen LogP contribution in [0.5, 0.6) is 0 Å². The minimum Gasteiger partial charge on any atom is -0.476 e. The summed E-state index contributed by atoms with van der Waals surface area (Å²) in [6.45, 7) is 11.0. The molecule has 0 amide bonds. The van der Waals surface area contributed by atoms with E-state index in [1.165, 1.54) is 6.07 Å². The van der Waals surface area contributed by atoms with Crippen LogP contribution in [-0.2, 0) is 11.0 Å². The van der Waals surface area contributed by atoms with Gasteiger partial charge >= 0.3 is 5.97 Å². The normalized spacial score (nSPS) is 12.8. The first-order chi connectivity index (χ1) is 7.63. The van der Waals surface area contributed by atoms with Crippen molar-refractivity contribution < 1.29 is 18.9 Å². The molecule has 17 heavy (non-hydrogen) atoms. The van der Waals surface area contributed by atoms with E-state index in [1.54, 1.807) is 0 Å². The lowest BCUT2D eigenvalue weighted by molar-refractivity contribution is 0.0685. The SMILES string of the molecule is CC(C)(C)[Si](C)(C)OCc1cc(C(=O)O)no1. The summed E-state index contributed by atoms with van der Waals surface area (Å²) in [5.41, 5.74) is -0.0844. The number of hydrogen-bond donors (Lipinski definition) is 1. The molecule has 0 unspecified atom stereocenters. The Hall–Kier alpha value is -1.14. The number of carboxylic acid groups (broad SMARTS) is 1. The Balaban J connectivity index is 2.64. The zero-order valence-corrected chi connectivity index (χ0v) is 11.9. The topological polar surface area (TPSA) is 72.6 Å². The van der Waals surface area contributed by atoms with Gasteiger partial charge in [-0.15, -0.1) is 0 Å². The third kappa shape index (κ3) is 3.40. The molecule has 1 heterocycles. The number of nitrogens with zero attached hydrogens (tertiary/aromatic N) is 1. The fraction of sp³-hybridized carbons (Fsp3) is 0.636. The second-order valence-corrected chi connectivity index (χ2v) is 10.3. The molecule has 0 saturated carbocycles. The Kier molecular flexibility index (Phi) is 3.78. The Labute approximate surface area is 102 Å². The summed E-state index contributed by atoms with van der Waals surface area (Å²) < 4.78 is 10.8. The van der Waals surface area contributed by atoms with Gasteiger partial charge in [0.05, 0.1) is 6.61 Å². The van der Waals surface area contributed by atoms with Gasteiger partial charge in [-0.1, -0.05) is 25.9 Å². The van der Waals surface area contributed by atoms with Crippen LogP contribution < -0.4 is 0 Å². The molecule has 0 aliphatic carbocycles. The first kappa shape index (κ1) is 13.9. The van der Waals surface area contributed by atoms with Crippen molar-refractivity contribution in [3.63, 3.8) is 0 Å². The highest BCUT2D eigenvalue weighted by Crippen LogP contribution is 2.37. The highest BCUT2D eigenvalue weighted by atomic mass is 28.4. The maximum absolute atomic E-state index is 10.6. The Bertz CT molecular complexity index is 406. The molecule has 0 bridgehead atoms. The summed E-state index contributed by atoms with van der Waals surface area (Å²) in [6.07, 6.45) is 0. The van der Waals surface area contributed by atoms with Crippen molar-refractivity contribution in [2.24, 2.45) is 0 Å². The molecule has 1 aromatic heterocycles. The highest BCUT2D eigenvalue weighted by molar-refractivity contribution is 6.74. The van der Waals surface area contributed by atoms with Crippen molar-refractivity contribution >= 4 is 14.3 Å². The van der Waals surface area contributed by atoms with E-state index in [4.69, 9.17) is 14.1 Å². The quantitative estimate of drug-likeness (QED) is 0.840. The minimum atomic E-state index is -1.84. The predicted octanol–water partition coefficient (Wildman–Crippen LogP) is 2.89. The number of aromatic carboxylic acids is 1. The van der Waals surface area contributed by atoms with Gasteiger partial charge in [-0.3, -0.25) is 0 Å². The van der Waals surface area contributed by atoms with E-state index in [1.807, 2.05) is 0 Å². The van der Waals surface area contributed by atoms with Gasteiger partial charge in [0.2, 0.25) is 0 Å². The molecule has 5 nitrogen and oxygen atoms in total. The van der Waals surface area contributed by atoms with Gasteiger partial charge in [0.25, 0.3) is 0 Å². The molecular weight excluding hydrogens is 238 g/mol. The van der Waals surface area contributed by atoms with Crippen LogP contribution in [0.15, 0.2) is 10.6 Å². The van der Waals surface area contributed by atoms with Crippen LogP contribution >= 0.6 is 0 Å². The molecule has 0 atom stereocenters. The highest BCUT2D eigenvalue weighted by Gasteiger charge is 2.37.